The van der Waals surface area contributed by atoms with Crippen LogP contribution in [-0.4, -0.2) is 97.6 Å². The summed E-state index contributed by atoms with van der Waals surface area (Å²) in [7, 11) is 0. The van der Waals surface area contributed by atoms with Crippen molar-refractivity contribution in [1.29, 1.82) is 0 Å². The van der Waals surface area contributed by atoms with Crippen molar-refractivity contribution < 1.29 is 43.7 Å². The van der Waals surface area contributed by atoms with Gasteiger partial charge in [0.2, 0.25) is 23.6 Å². The Balaban J connectivity index is 0.782. The molecule has 0 radical (unpaired) electrons. The normalized spacial score (nSPS) is 18.5. The fourth-order valence-electron chi connectivity index (χ4n) is 8.50. The smallest absolute Gasteiger partial charge is 0.340 e. The number of phenols is 2. The van der Waals surface area contributed by atoms with E-state index in [0.29, 0.717) is 89.1 Å². The summed E-state index contributed by atoms with van der Waals surface area (Å²) < 4.78 is 12.2. The van der Waals surface area contributed by atoms with Crippen molar-refractivity contribution in [2.45, 2.75) is 81.5 Å². The van der Waals surface area contributed by atoms with Gasteiger partial charge in [0.05, 0.1) is 11.9 Å². The molecule has 18 heteroatoms. The van der Waals surface area contributed by atoms with E-state index in [1.807, 2.05) is 0 Å². The summed E-state index contributed by atoms with van der Waals surface area (Å²) in [5, 5.41) is 35.5. The number of aromatic amines is 1. The number of imidazole rings is 1. The van der Waals surface area contributed by atoms with Crippen molar-refractivity contribution in [3.63, 3.8) is 0 Å². The number of carbonyl (C=O) groups is 5. The van der Waals surface area contributed by atoms with E-state index in [2.05, 4.69) is 36.6 Å². The van der Waals surface area contributed by atoms with E-state index in [-0.39, 0.29) is 42.1 Å². The van der Waals surface area contributed by atoms with Gasteiger partial charge in [-0.1, -0.05) is 18.9 Å². The Labute approximate surface area is 356 Å². The Morgan fingerprint density at radius 2 is 1.61 bits per heavy atom. The Kier molecular flexibility index (Phi) is 11.8. The van der Waals surface area contributed by atoms with Gasteiger partial charge in [0, 0.05) is 78.9 Å². The molecule has 17 nitrogen and oxygen atoms in total. The maximum absolute atomic E-state index is 13.8. The number of hydrogen-bond acceptors (Lipinski definition) is 11. The Morgan fingerprint density at radius 1 is 0.902 bits per heavy atom. The van der Waals surface area contributed by atoms with Gasteiger partial charge in [-0.3, -0.25) is 19.2 Å². The summed E-state index contributed by atoms with van der Waals surface area (Å²) in [6, 6.07) is 12.2. The van der Waals surface area contributed by atoms with Crippen LogP contribution in [0.15, 0.2) is 67.1 Å². The van der Waals surface area contributed by atoms with E-state index in [1.165, 1.54) is 30.6 Å². The van der Waals surface area contributed by atoms with Crippen LogP contribution in [0.1, 0.15) is 84.1 Å². The number of aromatic nitrogens is 2. The summed E-state index contributed by atoms with van der Waals surface area (Å²) >= 11 is 5.55. The number of esters is 1. The summed E-state index contributed by atoms with van der Waals surface area (Å²) in [5.41, 5.74) is 1.89. The number of aromatic hydroxyl groups is 2. The van der Waals surface area contributed by atoms with Crippen molar-refractivity contribution >= 4 is 52.6 Å². The molecule has 1 spiro atoms. The molecule has 3 aromatic carbocycles. The number of thiocarbonyl (C=S) groups is 1. The Hall–Kier alpha value is -6.69. The first kappa shape index (κ1) is 41.1. The minimum atomic E-state index is -1.35. The van der Waals surface area contributed by atoms with Crippen LogP contribution in [0, 0.1) is 0 Å². The monoisotopic (exact) mass is 850 g/mol. The van der Waals surface area contributed by atoms with E-state index >= 15 is 0 Å². The van der Waals surface area contributed by atoms with Crippen LogP contribution in [0.25, 0.3) is 0 Å². The number of likely N-dealkylation sites (tertiary alicyclic amines) is 1. The summed E-state index contributed by atoms with van der Waals surface area (Å²) in [6.07, 6.45) is 8.34. The summed E-state index contributed by atoms with van der Waals surface area (Å²) in [5.74, 6) is -1.20. The molecular formula is C43H46N8O9S. The molecule has 318 valence electrons. The van der Waals surface area contributed by atoms with Gasteiger partial charge in [0.25, 0.3) is 0 Å². The van der Waals surface area contributed by atoms with E-state index in [0.717, 1.165) is 25.7 Å². The van der Waals surface area contributed by atoms with Crippen LogP contribution in [0.4, 0.5) is 5.69 Å². The minimum Gasteiger partial charge on any atom is -0.508 e. The molecule has 4 amide bonds. The van der Waals surface area contributed by atoms with Crippen molar-refractivity contribution in [1.82, 2.24) is 36.1 Å². The molecule has 4 aromatic rings. The second kappa shape index (κ2) is 17.5. The number of nitrogens with zero attached hydrogens (tertiary/aromatic N) is 2. The van der Waals surface area contributed by atoms with E-state index in [4.69, 9.17) is 21.7 Å². The predicted molar refractivity (Wildman–Crippen MR) is 224 cm³/mol. The number of benzene rings is 3. The first-order valence-electron chi connectivity index (χ1n) is 20.4. The third-order valence-electron chi connectivity index (χ3n) is 11.5. The number of anilines is 1. The molecule has 8 rings (SSSR count). The molecule has 0 bridgehead atoms. The first-order chi connectivity index (χ1) is 29.5. The second-order valence-corrected chi connectivity index (χ2v) is 16.0. The van der Waals surface area contributed by atoms with Crippen molar-refractivity contribution in [2.75, 3.05) is 25.0 Å². The van der Waals surface area contributed by atoms with Crippen molar-refractivity contribution in [2.24, 2.45) is 0 Å². The van der Waals surface area contributed by atoms with Gasteiger partial charge in [-0.2, -0.15) is 0 Å². The number of phenolic OH excluding ortho intramolecular Hbond substituents is 2. The molecule has 0 saturated carbocycles. The fourth-order valence-corrected chi connectivity index (χ4v) is 8.72. The second-order valence-electron chi connectivity index (χ2n) is 15.6. The highest BCUT2D eigenvalue weighted by molar-refractivity contribution is 7.80. The summed E-state index contributed by atoms with van der Waals surface area (Å²) in [4.78, 5) is 73.7. The number of carbonyl (C=O) groups excluding carboxylic acids is 5. The van der Waals surface area contributed by atoms with Gasteiger partial charge in [-0.25, -0.2) is 9.78 Å². The maximum atomic E-state index is 13.8. The van der Waals surface area contributed by atoms with E-state index in [1.54, 1.807) is 41.4 Å². The lowest BCUT2D eigenvalue weighted by molar-refractivity contribution is -0.141. The molecule has 1 aromatic heterocycles. The highest BCUT2D eigenvalue weighted by atomic mass is 32.1. The molecule has 2 fully saturated rings. The number of nitrogens with one attached hydrogen (secondary N) is 6. The van der Waals surface area contributed by atoms with Gasteiger partial charge in [0.15, 0.2) is 10.7 Å². The third kappa shape index (κ3) is 8.52. The Morgan fingerprint density at radius 3 is 2.28 bits per heavy atom. The molecule has 4 aliphatic heterocycles. The average Bonchev–Trinajstić information content (AvgIpc) is 4.07. The van der Waals surface area contributed by atoms with Gasteiger partial charge < -0.3 is 56.2 Å². The standard InChI is InChI=1S/C43H46N8O9S/c52-26-8-11-30-35(20-26)59-36-21-27(53)9-12-31(36)43(30)29-10-7-24(18-28(29)41(58)60-43)48-42(61)46-16-4-2-1-3-15-45-39(56)34-6-5-17-51(34)40(57)33(19-25-22-44-23-47-25)50-38(55)32-13-14-37(54)49-32/h7-12,18,20-23,32-34,52-53H,1-6,13-17,19H2,(H,44,47)(H,45,56)(H,49,54)(H,50,55)(H2,46,48,61)/t32-,33-,34-/m0/s1. The SMILES string of the molecule is O=C1CC[C@@H](C(=O)N[C@@H](Cc2cnc[nH]2)C(=O)N2CCC[C@H]2C(=O)NCCCCCCNC(=S)Nc2ccc3c(c2)C(=O)OC32c3ccc(O)cc3Oc3cc(O)ccc32)N1. The molecule has 4 aliphatic rings. The lowest BCUT2D eigenvalue weighted by Gasteiger charge is -2.36. The van der Waals surface area contributed by atoms with Crippen molar-refractivity contribution in [3.05, 3.63) is 95.1 Å². The molecule has 0 aliphatic carbocycles. The van der Waals surface area contributed by atoms with Crippen LogP contribution in [0.3, 0.4) is 0 Å². The van der Waals surface area contributed by atoms with Crippen LogP contribution in [-0.2, 0) is 35.9 Å². The number of H-pyrrole nitrogens is 1. The number of rotatable bonds is 14. The highest BCUT2D eigenvalue weighted by Crippen LogP contribution is 2.57. The number of fused-ring (bicyclic) bond motifs is 6. The van der Waals surface area contributed by atoms with Gasteiger partial charge in [0.1, 0.15) is 41.1 Å². The number of amides is 4. The average molecular weight is 851 g/mol. The number of hydrogen-bond donors (Lipinski definition) is 8. The quantitative estimate of drug-likeness (QED) is 0.0517. The zero-order chi connectivity index (χ0) is 42.7. The van der Waals surface area contributed by atoms with Crippen LogP contribution in [0.2, 0.25) is 0 Å². The number of unbranched alkanes of at least 4 members (excludes halogenated alkanes) is 3. The zero-order valence-corrected chi connectivity index (χ0v) is 33.9. The fraction of sp³-hybridized carbons (Fsp3) is 0.372. The molecule has 5 heterocycles. The largest absolute Gasteiger partial charge is 0.508 e. The van der Waals surface area contributed by atoms with Crippen molar-refractivity contribution in [3.8, 4) is 23.0 Å². The van der Waals surface area contributed by atoms with Crippen LogP contribution >= 0.6 is 12.2 Å². The molecular weight excluding hydrogens is 805 g/mol. The van der Waals surface area contributed by atoms with Crippen LogP contribution in [0.5, 0.6) is 23.0 Å². The Bertz CT molecular complexity index is 2320. The topological polar surface area (TPSA) is 236 Å². The first-order valence-corrected chi connectivity index (χ1v) is 20.8. The van der Waals surface area contributed by atoms with Gasteiger partial charge in [-0.05, 0) is 80.7 Å². The number of ether oxygens (including phenoxy) is 2. The van der Waals surface area contributed by atoms with Gasteiger partial charge >= 0.3 is 5.97 Å². The lowest BCUT2D eigenvalue weighted by atomic mass is 9.77. The maximum Gasteiger partial charge on any atom is 0.340 e. The zero-order valence-electron chi connectivity index (χ0n) is 33.1. The molecule has 2 saturated heterocycles. The van der Waals surface area contributed by atoms with Crippen LogP contribution < -0.4 is 31.3 Å². The van der Waals surface area contributed by atoms with E-state index in [9.17, 15) is 34.2 Å². The van der Waals surface area contributed by atoms with Gasteiger partial charge in [-0.15, -0.1) is 0 Å². The van der Waals surface area contributed by atoms with E-state index < -0.39 is 35.6 Å². The highest BCUT2D eigenvalue weighted by Gasteiger charge is 2.53. The molecule has 3 atom stereocenters. The predicted octanol–water partition coefficient (Wildman–Crippen LogP) is 3.35. The lowest BCUT2D eigenvalue weighted by Crippen LogP contribution is -2.56. The molecule has 8 N–H and O–H groups in total. The molecule has 61 heavy (non-hydrogen) atoms. The minimum absolute atomic E-state index is 0.0227. The third-order valence-corrected chi connectivity index (χ3v) is 11.7. The summed E-state index contributed by atoms with van der Waals surface area (Å²) in [6.45, 7) is 1.46. The molecule has 0 unspecified atom stereocenters.